The summed E-state index contributed by atoms with van der Waals surface area (Å²) >= 11 is 1.96. The average molecular weight is 203 g/mol. The topological polar surface area (TPSA) is 58.4 Å². The Balaban J connectivity index is 2.43. The van der Waals surface area contributed by atoms with Gasteiger partial charge in [0, 0.05) is 23.6 Å². The van der Waals surface area contributed by atoms with Crippen LogP contribution in [0.3, 0.4) is 0 Å². The van der Waals surface area contributed by atoms with Crippen molar-refractivity contribution in [2.45, 2.75) is 25.1 Å². The van der Waals surface area contributed by atoms with Gasteiger partial charge in [0.25, 0.3) is 0 Å². The van der Waals surface area contributed by atoms with Gasteiger partial charge in [-0.15, -0.1) is 0 Å². The van der Waals surface area contributed by atoms with Gasteiger partial charge in [-0.3, -0.25) is 15.1 Å². The van der Waals surface area contributed by atoms with Crippen LogP contribution in [0.15, 0.2) is 0 Å². The first-order valence-electron chi connectivity index (χ1n) is 4.50. The Hall–Kier alpha value is -0.260. The number of rotatable bonds is 2. The maximum atomic E-state index is 11.0. The first-order valence-corrected chi connectivity index (χ1v) is 5.55. The number of carbonyl (C=O) groups excluding carboxylic acids is 1. The molecule has 0 aromatic carbocycles. The molecule has 4 nitrogen and oxygen atoms in total. The molecule has 1 rings (SSSR count). The molecule has 2 atom stereocenters. The van der Waals surface area contributed by atoms with Crippen LogP contribution < -0.4 is 11.3 Å². The minimum absolute atomic E-state index is 0.106. The first kappa shape index (κ1) is 10.8. The fourth-order valence-electron chi connectivity index (χ4n) is 1.45. The predicted octanol–water partition coefficient (Wildman–Crippen LogP) is -0.198. The Bertz CT molecular complexity index is 188. The molecule has 0 saturated carbocycles. The minimum atomic E-state index is -0.106. The molecule has 1 heterocycles. The van der Waals surface area contributed by atoms with Crippen molar-refractivity contribution in [1.82, 2.24) is 10.3 Å². The van der Waals surface area contributed by atoms with Crippen LogP contribution in [0.4, 0.5) is 0 Å². The molecule has 1 aliphatic rings. The van der Waals surface area contributed by atoms with E-state index in [1.165, 1.54) is 0 Å². The maximum absolute atomic E-state index is 11.0. The summed E-state index contributed by atoms with van der Waals surface area (Å²) in [6, 6.07) is 0.455. The van der Waals surface area contributed by atoms with Gasteiger partial charge in [-0.05, 0) is 6.92 Å². The SMILES string of the molecule is CC1SCCN(CC(=O)NN)C1C. The van der Waals surface area contributed by atoms with Crippen molar-refractivity contribution < 1.29 is 4.79 Å². The molecule has 0 aromatic heterocycles. The lowest BCUT2D eigenvalue weighted by Crippen LogP contribution is -2.50. The molecule has 0 radical (unpaired) electrons. The van der Waals surface area contributed by atoms with Crippen LogP contribution in [0.1, 0.15) is 13.8 Å². The van der Waals surface area contributed by atoms with E-state index in [0.717, 1.165) is 12.3 Å². The summed E-state index contributed by atoms with van der Waals surface area (Å²) in [7, 11) is 0. The number of hydrogen-bond donors (Lipinski definition) is 2. The molecular weight excluding hydrogens is 186 g/mol. The van der Waals surface area contributed by atoms with E-state index in [9.17, 15) is 4.79 Å². The zero-order chi connectivity index (χ0) is 9.84. The largest absolute Gasteiger partial charge is 0.293 e. The minimum Gasteiger partial charge on any atom is -0.293 e. The van der Waals surface area contributed by atoms with Crippen molar-refractivity contribution in [3.8, 4) is 0 Å². The molecular formula is C8H17N3OS. The molecule has 0 bridgehead atoms. The van der Waals surface area contributed by atoms with Crippen molar-refractivity contribution >= 4 is 17.7 Å². The standard InChI is InChI=1S/C8H17N3OS/c1-6-7(2)13-4-3-11(6)5-8(12)10-9/h6-7H,3-5,9H2,1-2H3,(H,10,12). The third-order valence-corrected chi connectivity index (χ3v) is 3.86. The smallest absolute Gasteiger partial charge is 0.248 e. The van der Waals surface area contributed by atoms with Crippen LogP contribution in [0.2, 0.25) is 0 Å². The summed E-state index contributed by atoms with van der Waals surface area (Å²) in [6.07, 6.45) is 0. The highest BCUT2D eigenvalue weighted by molar-refractivity contribution is 8.00. The predicted molar refractivity (Wildman–Crippen MR) is 55.3 cm³/mol. The summed E-state index contributed by atoms with van der Waals surface area (Å²) in [5.41, 5.74) is 2.16. The van der Waals surface area contributed by atoms with E-state index in [1.807, 2.05) is 11.8 Å². The highest BCUT2D eigenvalue weighted by atomic mass is 32.2. The molecule has 1 aliphatic heterocycles. The molecule has 0 spiro atoms. The van der Waals surface area contributed by atoms with Gasteiger partial charge in [-0.2, -0.15) is 11.8 Å². The van der Waals surface area contributed by atoms with Crippen molar-refractivity contribution in [2.75, 3.05) is 18.8 Å². The van der Waals surface area contributed by atoms with Gasteiger partial charge in [0.15, 0.2) is 0 Å². The number of amides is 1. The number of nitrogens with one attached hydrogen (secondary N) is 1. The van der Waals surface area contributed by atoms with Crippen LogP contribution in [0, 0.1) is 0 Å². The second kappa shape index (κ2) is 4.83. The van der Waals surface area contributed by atoms with Gasteiger partial charge in [0.05, 0.1) is 6.54 Å². The summed E-state index contributed by atoms with van der Waals surface area (Å²) in [4.78, 5) is 13.2. The van der Waals surface area contributed by atoms with Gasteiger partial charge in [0.1, 0.15) is 0 Å². The summed E-state index contributed by atoms with van der Waals surface area (Å²) < 4.78 is 0. The van der Waals surface area contributed by atoms with E-state index in [4.69, 9.17) is 5.84 Å². The third kappa shape index (κ3) is 2.86. The lowest BCUT2D eigenvalue weighted by molar-refractivity contribution is -0.122. The highest BCUT2D eigenvalue weighted by Gasteiger charge is 2.26. The van der Waals surface area contributed by atoms with E-state index < -0.39 is 0 Å². The Kier molecular flexibility index (Phi) is 4.02. The van der Waals surface area contributed by atoms with Gasteiger partial charge in [-0.25, -0.2) is 5.84 Å². The average Bonchev–Trinajstić information content (AvgIpc) is 2.13. The molecule has 0 aromatic rings. The van der Waals surface area contributed by atoms with Gasteiger partial charge in [-0.1, -0.05) is 6.92 Å². The molecule has 13 heavy (non-hydrogen) atoms. The quantitative estimate of drug-likeness (QED) is 0.371. The number of hydrogen-bond acceptors (Lipinski definition) is 4. The van der Waals surface area contributed by atoms with Crippen molar-refractivity contribution in [1.29, 1.82) is 0 Å². The lowest BCUT2D eigenvalue weighted by Gasteiger charge is -2.36. The fourth-order valence-corrected chi connectivity index (χ4v) is 2.61. The van der Waals surface area contributed by atoms with Gasteiger partial charge in [0.2, 0.25) is 5.91 Å². The molecule has 0 aliphatic carbocycles. The number of nitrogens with two attached hydrogens (primary N) is 1. The Morgan fingerprint density at radius 1 is 1.69 bits per heavy atom. The normalized spacial score (nSPS) is 30.1. The van der Waals surface area contributed by atoms with E-state index in [1.54, 1.807) is 0 Å². The number of thioether (sulfide) groups is 1. The zero-order valence-corrected chi connectivity index (χ0v) is 8.93. The van der Waals surface area contributed by atoms with Crippen LogP contribution in [0.25, 0.3) is 0 Å². The molecule has 2 unspecified atom stereocenters. The number of hydrazine groups is 1. The maximum Gasteiger partial charge on any atom is 0.248 e. The van der Waals surface area contributed by atoms with Gasteiger partial charge >= 0.3 is 0 Å². The monoisotopic (exact) mass is 203 g/mol. The van der Waals surface area contributed by atoms with Crippen LogP contribution in [-0.4, -0.2) is 40.9 Å². The van der Waals surface area contributed by atoms with E-state index in [0.29, 0.717) is 17.8 Å². The Morgan fingerprint density at radius 3 is 3.00 bits per heavy atom. The van der Waals surface area contributed by atoms with E-state index >= 15 is 0 Å². The number of nitrogens with zero attached hydrogens (tertiary/aromatic N) is 1. The second-order valence-corrected chi connectivity index (χ2v) is 4.84. The van der Waals surface area contributed by atoms with Crippen LogP contribution in [0.5, 0.6) is 0 Å². The third-order valence-electron chi connectivity index (χ3n) is 2.52. The molecule has 1 fully saturated rings. The molecule has 76 valence electrons. The molecule has 1 amide bonds. The Labute approximate surface area is 83.2 Å². The zero-order valence-electron chi connectivity index (χ0n) is 8.12. The van der Waals surface area contributed by atoms with Crippen LogP contribution in [-0.2, 0) is 4.79 Å². The molecule has 3 N–H and O–H groups in total. The Morgan fingerprint density at radius 2 is 2.38 bits per heavy atom. The summed E-state index contributed by atoms with van der Waals surface area (Å²) in [6.45, 7) is 5.74. The van der Waals surface area contributed by atoms with Gasteiger partial charge < -0.3 is 0 Å². The van der Waals surface area contributed by atoms with E-state index in [2.05, 4.69) is 24.2 Å². The second-order valence-electron chi connectivity index (χ2n) is 3.35. The van der Waals surface area contributed by atoms with Crippen molar-refractivity contribution in [2.24, 2.45) is 5.84 Å². The highest BCUT2D eigenvalue weighted by Crippen LogP contribution is 2.23. The summed E-state index contributed by atoms with van der Waals surface area (Å²) in [5.74, 6) is 6.03. The molecule has 1 saturated heterocycles. The van der Waals surface area contributed by atoms with Crippen molar-refractivity contribution in [3.63, 3.8) is 0 Å². The number of carbonyl (C=O) groups is 1. The fraction of sp³-hybridized carbons (Fsp3) is 0.875. The first-order chi connectivity index (χ1) is 6.15. The molecule has 5 heteroatoms. The summed E-state index contributed by atoms with van der Waals surface area (Å²) in [5, 5.41) is 0.597. The van der Waals surface area contributed by atoms with Crippen LogP contribution >= 0.6 is 11.8 Å². The van der Waals surface area contributed by atoms with E-state index in [-0.39, 0.29) is 5.91 Å². The van der Waals surface area contributed by atoms with Crippen molar-refractivity contribution in [3.05, 3.63) is 0 Å². The lowest BCUT2D eigenvalue weighted by atomic mass is 10.2.